The molecule has 1 saturated carbocycles. The molecule has 0 heterocycles. The first kappa shape index (κ1) is 19.0. The van der Waals surface area contributed by atoms with Gasteiger partial charge in [-0.25, -0.2) is 0 Å². The summed E-state index contributed by atoms with van der Waals surface area (Å²) in [4.78, 5) is 2.76. The molecule has 1 rings (SSSR count). The summed E-state index contributed by atoms with van der Waals surface area (Å²) in [5, 5.41) is 3.93. The van der Waals surface area contributed by atoms with Crippen LogP contribution in [0.3, 0.4) is 0 Å². The van der Waals surface area contributed by atoms with Crippen molar-refractivity contribution in [3.63, 3.8) is 0 Å². The maximum atomic E-state index is 3.93. The third kappa shape index (κ3) is 5.25. The minimum atomic E-state index is 0.421. The largest absolute Gasteiger partial charge is 0.312 e. The van der Waals surface area contributed by atoms with Crippen molar-refractivity contribution in [3.8, 4) is 0 Å². The topological polar surface area (TPSA) is 15.3 Å². The van der Waals surface area contributed by atoms with Gasteiger partial charge in [-0.3, -0.25) is 4.90 Å². The maximum absolute atomic E-state index is 3.93. The molecule has 21 heavy (non-hydrogen) atoms. The Hall–Kier alpha value is -0.0800. The normalized spacial score (nSPS) is 20.1. The first-order valence-electron chi connectivity index (χ1n) is 9.38. The van der Waals surface area contributed by atoms with Crippen LogP contribution in [0.25, 0.3) is 0 Å². The van der Waals surface area contributed by atoms with E-state index in [-0.39, 0.29) is 0 Å². The van der Waals surface area contributed by atoms with Gasteiger partial charge >= 0.3 is 0 Å². The Morgan fingerprint density at radius 3 is 2.05 bits per heavy atom. The summed E-state index contributed by atoms with van der Waals surface area (Å²) in [7, 11) is 0. The molecular formula is C19H40N2. The molecule has 1 unspecified atom stereocenters. The van der Waals surface area contributed by atoms with Crippen LogP contribution < -0.4 is 5.32 Å². The Balaban J connectivity index is 2.89. The summed E-state index contributed by atoms with van der Waals surface area (Å²) in [5.41, 5.74) is 0.860. The number of nitrogens with zero attached hydrogens (tertiary/aromatic N) is 1. The predicted molar refractivity (Wildman–Crippen MR) is 94.9 cm³/mol. The number of rotatable bonds is 9. The van der Waals surface area contributed by atoms with E-state index in [0.717, 1.165) is 6.54 Å². The van der Waals surface area contributed by atoms with Crippen LogP contribution in [0.2, 0.25) is 0 Å². The molecule has 1 N–H and O–H groups in total. The molecule has 1 fully saturated rings. The number of likely N-dealkylation sites (N-methyl/N-ethyl adjacent to an activating group) is 1. The van der Waals surface area contributed by atoms with Crippen LogP contribution in [0.1, 0.15) is 86.5 Å². The Labute approximate surface area is 134 Å². The van der Waals surface area contributed by atoms with Gasteiger partial charge in [0.25, 0.3) is 0 Å². The first-order chi connectivity index (χ1) is 9.89. The van der Waals surface area contributed by atoms with Gasteiger partial charge in [-0.2, -0.15) is 0 Å². The van der Waals surface area contributed by atoms with Gasteiger partial charge in [-0.1, -0.05) is 54.4 Å². The van der Waals surface area contributed by atoms with Gasteiger partial charge in [-0.15, -0.1) is 0 Å². The Kier molecular flexibility index (Phi) is 7.70. The van der Waals surface area contributed by atoms with Crippen LogP contribution in [0.15, 0.2) is 0 Å². The van der Waals surface area contributed by atoms with Gasteiger partial charge in [0.1, 0.15) is 0 Å². The van der Waals surface area contributed by atoms with Gasteiger partial charge in [0.2, 0.25) is 0 Å². The molecule has 1 atom stereocenters. The fourth-order valence-corrected chi connectivity index (χ4v) is 4.18. The monoisotopic (exact) mass is 296 g/mol. The summed E-state index contributed by atoms with van der Waals surface area (Å²) < 4.78 is 0. The smallest absolute Gasteiger partial charge is 0.0362 e. The fraction of sp³-hybridized carbons (Fsp3) is 1.00. The van der Waals surface area contributed by atoms with Crippen molar-refractivity contribution < 1.29 is 0 Å². The second kappa shape index (κ2) is 8.53. The Morgan fingerprint density at radius 1 is 1.05 bits per heavy atom. The van der Waals surface area contributed by atoms with Crippen molar-refractivity contribution in [3.05, 3.63) is 0 Å². The van der Waals surface area contributed by atoms with E-state index in [0.29, 0.717) is 17.0 Å². The number of hydrogen-bond acceptors (Lipinski definition) is 2. The van der Waals surface area contributed by atoms with Crippen molar-refractivity contribution in [2.24, 2.45) is 5.41 Å². The van der Waals surface area contributed by atoms with E-state index in [2.05, 4.69) is 51.8 Å². The molecule has 0 aromatic carbocycles. The highest BCUT2D eigenvalue weighted by atomic mass is 15.2. The number of hydrogen-bond donors (Lipinski definition) is 1. The average molecular weight is 297 g/mol. The second-order valence-corrected chi connectivity index (χ2v) is 8.09. The molecule has 0 amide bonds. The molecule has 0 aromatic heterocycles. The minimum absolute atomic E-state index is 0.421. The molecule has 0 aliphatic heterocycles. The van der Waals surface area contributed by atoms with Gasteiger partial charge in [-0.05, 0) is 57.2 Å². The van der Waals surface area contributed by atoms with E-state index >= 15 is 0 Å². The van der Waals surface area contributed by atoms with Crippen molar-refractivity contribution in [1.29, 1.82) is 0 Å². The maximum Gasteiger partial charge on any atom is 0.0362 e. The lowest BCUT2D eigenvalue weighted by Gasteiger charge is -2.47. The van der Waals surface area contributed by atoms with E-state index in [1.807, 2.05) is 0 Å². The van der Waals surface area contributed by atoms with Crippen LogP contribution >= 0.6 is 0 Å². The molecule has 126 valence electrons. The summed E-state index contributed by atoms with van der Waals surface area (Å²) in [6.07, 6.45) is 9.48. The van der Waals surface area contributed by atoms with Crippen LogP contribution in [-0.2, 0) is 0 Å². The predicted octanol–water partition coefficient (Wildman–Crippen LogP) is 4.84. The van der Waals surface area contributed by atoms with Gasteiger partial charge in [0.05, 0.1) is 0 Å². The van der Waals surface area contributed by atoms with E-state index in [4.69, 9.17) is 0 Å². The fourth-order valence-electron chi connectivity index (χ4n) is 4.18. The van der Waals surface area contributed by atoms with Crippen molar-refractivity contribution in [2.45, 2.75) is 98.1 Å². The molecule has 0 spiro atoms. The highest BCUT2D eigenvalue weighted by Gasteiger charge is 2.44. The zero-order valence-corrected chi connectivity index (χ0v) is 15.6. The molecule has 1 aliphatic carbocycles. The van der Waals surface area contributed by atoms with Gasteiger partial charge in [0, 0.05) is 11.6 Å². The van der Waals surface area contributed by atoms with Crippen molar-refractivity contribution in [1.82, 2.24) is 10.2 Å². The van der Waals surface area contributed by atoms with E-state index < -0.39 is 0 Å². The second-order valence-electron chi connectivity index (χ2n) is 8.09. The summed E-state index contributed by atoms with van der Waals surface area (Å²) in [6.45, 7) is 17.6. The molecule has 0 aromatic rings. The lowest BCUT2D eigenvalue weighted by Crippen LogP contribution is -2.60. The average Bonchev–Trinajstić information content (AvgIpc) is 2.89. The molecule has 0 radical (unpaired) electrons. The van der Waals surface area contributed by atoms with Crippen LogP contribution in [0.4, 0.5) is 0 Å². The molecule has 2 nitrogen and oxygen atoms in total. The number of nitrogens with one attached hydrogen (secondary N) is 1. The minimum Gasteiger partial charge on any atom is -0.312 e. The molecule has 2 heteroatoms. The molecular weight excluding hydrogens is 256 g/mol. The first-order valence-corrected chi connectivity index (χ1v) is 9.38. The van der Waals surface area contributed by atoms with Gasteiger partial charge < -0.3 is 5.32 Å². The van der Waals surface area contributed by atoms with E-state index in [1.54, 1.807) is 0 Å². The Bertz CT molecular complexity index is 270. The zero-order chi connectivity index (χ0) is 15.9. The van der Waals surface area contributed by atoms with Crippen LogP contribution in [0.5, 0.6) is 0 Å². The summed E-state index contributed by atoms with van der Waals surface area (Å²) >= 11 is 0. The highest BCUT2D eigenvalue weighted by molar-refractivity contribution is 5.03. The quantitative estimate of drug-likeness (QED) is 0.655. The van der Waals surface area contributed by atoms with E-state index in [1.165, 1.54) is 58.0 Å². The highest BCUT2D eigenvalue weighted by Crippen LogP contribution is 2.40. The SMILES string of the molecule is CCCNC(CCC(C)(C)C)C1(N(CC)CC)CCCC1. The van der Waals surface area contributed by atoms with Crippen LogP contribution in [-0.4, -0.2) is 36.1 Å². The van der Waals surface area contributed by atoms with Gasteiger partial charge in [0.15, 0.2) is 0 Å². The molecule has 1 aliphatic rings. The standard InChI is InChI=1S/C19H40N2/c1-7-16-20-17(12-15-18(4,5)6)19(13-10-11-14-19)21(8-2)9-3/h17,20H,7-16H2,1-6H3. The third-order valence-electron chi connectivity index (χ3n) is 5.34. The van der Waals surface area contributed by atoms with Crippen molar-refractivity contribution >= 4 is 0 Å². The lowest BCUT2D eigenvalue weighted by molar-refractivity contribution is 0.0552. The third-order valence-corrected chi connectivity index (χ3v) is 5.34. The molecule has 0 saturated heterocycles. The lowest BCUT2D eigenvalue weighted by atomic mass is 9.79. The zero-order valence-electron chi connectivity index (χ0n) is 15.6. The van der Waals surface area contributed by atoms with Crippen LogP contribution in [0, 0.1) is 5.41 Å². The van der Waals surface area contributed by atoms with E-state index in [9.17, 15) is 0 Å². The summed E-state index contributed by atoms with van der Waals surface area (Å²) in [6, 6.07) is 0.666. The Morgan fingerprint density at radius 2 is 1.62 bits per heavy atom. The molecule has 0 bridgehead atoms. The summed E-state index contributed by atoms with van der Waals surface area (Å²) in [5.74, 6) is 0. The van der Waals surface area contributed by atoms with Crippen molar-refractivity contribution in [2.75, 3.05) is 19.6 Å².